The molecule has 8 aliphatic rings. The summed E-state index contributed by atoms with van der Waals surface area (Å²) in [5, 5.41) is 75.5. The van der Waals surface area contributed by atoms with Gasteiger partial charge in [-0.1, -0.05) is 13.3 Å². The number of rotatable bonds is 13. The van der Waals surface area contributed by atoms with Crippen molar-refractivity contribution in [2.45, 2.75) is 118 Å². The molecule has 22 nitrogen and oxygen atoms in total. The molecule has 1 spiro atoms. The molecule has 0 unspecified atom stereocenters. The molecular weight excluding hydrogens is 826 g/mol. The van der Waals surface area contributed by atoms with Gasteiger partial charge >= 0.3 is 17.9 Å². The monoisotopic (exact) mass is 877 g/mol. The van der Waals surface area contributed by atoms with Gasteiger partial charge in [-0.05, 0) is 32.3 Å². The smallest absolute Gasteiger partial charge is 0.366 e. The van der Waals surface area contributed by atoms with E-state index < -0.39 is 152 Å². The zero-order valence-electron chi connectivity index (χ0n) is 34.5. The molecule has 5 aliphatic heterocycles. The number of fused-ring (bicyclic) bond motifs is 7. The minimum absolute atomic E-state index is 0.0972. The molecule has 22 heteroatoms. The van der Waals surface area contributed by atoms with Crippen LogP contribution in [-0.2, 0) is 52.3 Å². The van der Waals surface area contributed by atoms with Gasteiger partial charge in [-0.3, -0.25) is 29.8 Å². The van der Waals surface area contributed by atoms with E-state index in [1.165, 1.54) is 6.07 Å². The molecule has 5 N–H and O–H groups in total. The lowest BCUT2D eigenvalue weighted by molar-refractivity contribution is -0.393. The average molecular weight is 878 g/mol. The first-order chi connectivity index (χ1) is 29.3. The fourth-order valence-electron chi connectivity index (χ4n) is 13.8. The molecule has 0 amide bonds. The maximum absolute atomic E-state index is 14.3. The van der Waals surface area contributed by atoms with E-state index in [2.05, 4.69) is 5.32 Å². The molecule has 2 bridgehead atoms. The third kappa shape index (κ3) is 5.20. The molecule has 1 aromatic rings. The molecule has 3 aliphatic carbocycles. The van der Waals surface area contributed by atoms with Crippen molar-refractivity contribution < 1.29 is 82.6 Å². The van der Waals surface area contributed by atoms with Gasteiger partial charge in [0.1, 0.15) is 34.0 Å². The van der Waals surface area contributed by atoms with Crippen LogP contribution in [0, 0.1) is 54.2 Å². The van der Waals surface area contributed by atoms with Crippen LogP contribution < -0.4 is 5.32 Å². The van der Waals surface area contributed by atoms with Crippen LogP contribution >= 0.6 is 0 Å². The van der Waals surface area contributed by atoms with Crippen LogP contribution in [0.3, 0.4) is 0 Å². The molecule has 0 radical (unpaired) electrons. The number of unbranched alkanes of at least 4 members (excludes halogenated alkanes) is 2. The number of aliphatic hydroxyl groups is 4. The molecule has 3 saturated carbocycles. The second-order valence-electron chi connectivity index (χ2n) is 18.5. The van der Waals surface area contributed by atoms with Gasteiger partial charge in [0.25, 0.3) is 17.2 Å². The number of epoxide rings is 1. The second kappa shape index (κ2) is 14.2. The highest BCUT2D eigenvalue weighted by molar-refractivity contribution is 5.82. The van der Waals surface area contributed by atoms with E-state index in [4.69, 9.17) is 37.9 Å². The number of non-ortho nitro benzene ring substituents is 1. The van der Waals surface area contributed by atoms with Crippen molar-refractivity contribution in [1.82, 2.24) is 0 Å². The van der Waals surface area contributed by atoms with Crippen molar-refractivity contribution in [2.24, 2.45) is 34.0 Å². The van der Waals surface area contributed by atoms with Crippen LogP contribution in [0.25, 0.3) is 0 Å². The van der Waals surface area contributed by atoms with Gasteiger partial charge < -0.3 is 63.6 Å². The lowest BCUT2D eigenvalue weighted by Gasteiger charge is -2.65. The van der Waals surface area contributed by atoms with E-state index in [0.717, 1.165) is 26.4 Å². The average Bonchev–Trinajstić information content (AvgIpc) is 3.61. The molecular formula is C40H51N3O19. The summed E-state index contributed by atoms with van der Waals surface area (Å²) in [4.78, 5) is 62.9. The van der Waals surface area contributed by atoms with Crippen molar-refractivity contribution in [2.75, 3.05) is 45.9 Å². The van der Waals surface area contributed by atoms with Gasteiger partial charge in [-0.25, -0.2) is 4.79 Å². The van der Waals surface area contributed by atoms with E-state index in [1.807, 2.05) is 0 Å². The van der Waals surface area contributed by atoms with E-state index >= 15 is 0 Å². The normalized spacial score (nSPS) is 46.4. The molecule has 62 heavy (non-hydrogen) atoms. The van der Waals surface area contributed by atoms with Crippen LogP contribution in [0.2, 0.25) is 0 Å². The van der Waals surface area contributed by atoms with Gasteiger partial charge in [-0.15, -0.1) is 0 Å². The summed E-state index contributed by atoms with van der Waals surface area (Å²) in [7, 11) is 2.19. The Bertz CT molecular complexity index is 2090. The number of nitro benzene ring substituents is 2. The Balaban J connectivity index is 0.985. The standard InChI is InChI=1S/C40H51N3O19/c1-34(40-25-15-22(35(40,2)62-40)38(49)11-13-57-33(38)61-25)29(46)27-28-36(18-59-39(50,30(34)36)32(48)56-4)23(44)16-24(37(28,17-58-27)31(47)55-3)60-26(45)8-6-5-7-12-41-20-10-9-19(42(51)52)14-21(20)43(53)54/h9-10,14,22-25,27-30,33,41,44,46,49-50H,5-8,11-13,15-18H2,1-4H3/t22-,23+,24-,25+,27-,28-,29-,30+,33+,34-,35+,36+,37+,38+,39+,40+/m1/s1. The molecule has 5 saturated heterocycles. The van der Waals surface area contributed by atoms with Crippen molar-refractivity contribution in [3.63, 3.8) is 0 Å². The Labute approximate surface area is 353 Å². The van der Waals surface area contributed by atoms with Gasteiger partial charge in [-0.2, -0.15) is 0 Å². The lowest BCUT2D eigenvalue weighted by atomic mass is 9.37. The summed E-state index contributed by atoms with van der Waals surface area (Å²) in [6.07, 6.45) is -6.54. The quantitative estimate of drug-likeness (QED) is 0.0453. The molecule has 16 atom stereocenters. The predicted molar refractivity (Wildman–Crippen MR) is 202 cm³/mol. The topological polar surface area (TPSA) is 308 Å². The SMILES string of the molecule is COC(=O)[C@@]12CO[C@H]3[C@@H](O)[C@@](C)([C@]45O[C@@]4(C)[C@H]4C[C@@H]5O[C@@H]5OCC[C@@]54O)[C@H]4[C@@](CO[C@]4(O)C(=O)OC)([C@@H](O)C[C@H]1OC(=O)CCCCCNc1ccc([N+](=O)[O-])cc1[N+](=O)[O-])[C@@H]32. The van der Waals surface area contributed by atoms with Crippen LogP contribution in [0.5, 0.6) is 0 Å². The highest BCUT2D eigenvalue weighted by Gasteiger charge is 2.97. The van der Waals surface area contributed by atoms with Gasteiger partial charge in [0.05, 0.1) is 74.4 Å². The number of benzene rings is 1. The van der Waals surface area contributed by atoms with Crippen molar-refractivity contribution in [3.05, 3.63) is 38.4 Å². The number of nitrogens with one attached hydrogen (secondary N) is 1. The zero-order chi connectivity index (χ0) is 44.6. The number of ether oxygens (including phenoxy) is 8. The highest BCUT2D eigenvalue weighted by atomic mass is 16.7. The van der Waals surface area contributed by atoms with E-state index in [9.17, 15) is 55.0 Å². The van der Waals surface area contributed by atoms with Gasteiger partial charge in [0.2, 0.25) is 0 Å². The van der Waals surface area contributed by atoms with Gasteiger partial charge in [0.15, 0.2) is 6.29 Å². The predicted octanol–water partition coefficient (Wildman–Crippen LogP) is 0.625. The summed E-state index contributed by atoms with van der Waals surface area (Å²) in [5.74, 6) is -9.06. The van der Waals surface area contributed by atoms with Crippen LogP contribution in [0.4, 0.5) is 17.1 Å². The van der Waals surface area contributed by atoms with Crippen molar-refractivity contribution in [1.29, 1.82) is 0 Å². The number of hydrogen-bond donors (Lipinski definition) is 5. The number of hydrogen-bond acceptors (Lipinski definition) is 20. The zero-order valence-corrected chi connectivity index (χ0v) is 34.5. The van der Waals surface area contributed by atoms with E-state index in [0.29, 0.717) is 19.3 Å². The molecule has 1 aromatic carbocycles. The van der Waals surface area contributed by atoms with Crippen molar-refractivity contribution >= 4 is 35.0 Å². The summed E-state index contributed by atoms with van der Waals surface area (Å²) < 4.78 is 48.0. The maximum Gasteiger partial charge on any atom is 0.366 e. The number of esters is 3. The third-order valence-electron chi connectivity index (χ3n) is 16.2. The Morgan fingerprint density at radius 2 is 1.71 bits per heavy atom. The Kier molecular flexibility index (Phi) is 9.87. The van der Waals surface area contributed by atoms with E-state index in [-0.39, 0.29) is 38.1 Å². The molecule has 0 aromatic heterocycles. The summed E-state index contributed by atoms with van der Waals surface area (Å²) in [6, 6.07) is 3.27. The number of aliphatic hydroxyl groups excluding tert-OH is 2. The van der Waals surface area contributed by atoms with Crippen LogP contribution in [-0.4, -0.2) is 148 Å². The highest BCUT2D eigenvalue weighted by Crippen LogP contribution is 2.83. The maximum atomic E-state index is 14.3. The second-order valence-corrected chi connectivity index (χ2v) is 18.5. The third-order valence-corrected chi connectivity index (χ3v) is 16.2. The summed E-state index contributed by atoms with van der Waals surface area (Å²) >= 11 is 0. The minimum Gasteiger partial charge on any atom is -0.468 e. The van der Waals surface area contributed by atoms with Gasteiger partial charge in [0, 0.05) is 60.5 Å². The fourth-order valence-corrected chi connectivity index (χ4v) is 13.8. The molecule has 8 fully saturated rings. The summed E-state index contributed by atoms with van der Waals surface area (Å²) in [6.45, 7) is 2.92. The first-order valence-corrected chi connectivity index (χ1v) is 20.9. The van der Waals surface area contributed by atoms with Crippen LogP contribution in [0.1, 0.15) is 58.8 Å². The lowest BCUT2D eigenvalue weighted by Crippen LogP contribution is -2.78. The summed E-state index contributed by atoms with van der Waals surface area (Å²) in [5.41, 5.74) is -10.4. The molecule has 340 valence electrons. The molecule has 5 heterocycles. The number of carbonyl (C=O) groups excluding carboxylic acids is 3. The minimum atomic E-state index is -2.83. The Hall–Kier alpha value is -4.13. The van der Waals surface area contributed by atoms with Crippen LogP contribution in [0.15, 0.2) is 18.2 Å². The largest absolute Gasteiger partial charge is 0.468 e. The Morgan fingerprint density at radius 1 is 0.968 bits per heavy atom. The first-order valence-electron chi connectivity index (χ1n) is 20.9. The Morgan fingerprint density at radius 3 is 2.40 bits per heavy atom. The number of nitrogens with zero attached hydrogens (tertiary/aromatic N) is 2. The number of carbonyl (C=O) groups is 3. The number of nitro groups is 2. The van der Waals surface area contributed by atoms with E-state index in [1.54, 1.807) is 13.8 Å². The number of anilines is 1. The van der Waals surface area contributed by atoms with Crippen molar-refractivity contribution in [3.8, 4) is 0 Å². The molecule has 9 rings (SSSR count). The number of methoxy groups -OCH3 is 2. The first kappa shape index (κ1) is 43.1. The fraction of sp³-hybridized carbons (Fsp3) is 0.775.